The number of methoxy groups -OCH3 is 1. The minimum absolute atomic E-state index is 0.233. The van der Waals surface area contributed by atoms with E-state index in [0.29, 0.717) is 19.8 Å². The van der Waals surface area contributed by atoms with Gasteiger partial charge in [-0.15, -0.1) is 0 Å². The Morgan fingerprint density at radius 2 is 1.87 bits per heavy atom. The number of amides is 1. The highest BCUT2D eigenvalue weighted by molar-refractivity contribution is 5.68. The van der Waals surface area contributed by atoms with Gasteiger partial charge in [-0.1, -0.05) is 13.8 Å². The summed E-state index contributed by atoms with van der Waals surface area (Å²) in [5.74, 6) is 0. The Balaban J connectivity index is 4.33. The fourth-order valence-corrected chi connectivity index (χ4v) is 1.55. The third-order valence-electron chi connectivity index (χ3n) is 2.42. The summed E-state index contributed by atoms with van der Waals surface area (Å²) < 4.78 is 10.0. The molecule has 90 valence electrons. The largest absolute Gasteiger partial charge is 0.450 e. The molecule has 0 aliphatic heterocycles. The molecular formula is C11H23NO3. The number of rotatable bonds is 7. The first-order chi connectivity index (χ1) is 7.21. The van der Waals surface area contributed by atoms with Gasteiger partial charge < -0.3 is 14.4 Å². The maximum absolute atomic E-state index is 11.7. The van der Waals surface area contributed by atoms with Crippen molar-refractivity contribution in [1.82, 2.24) is 4.90 Å². The predicted molar refractivity (Wildman–Crippen MR) is 60.0 cm³/mol. The lowest BCUT2D eigenvalue weighted by molar-refractivity contribution is 0.0711. The molecule has 0 saturated carbocycles. The molecule has 0 unspecified atom stereocenters. The number of nitrogens with zero attached hydrogens (tertiary/aromatic N) is 1. The van der Waals surface area contributed by atoms with Crippen LogP contribution in [0.15, 0.2) is 0 Å². The van der Waals surface area contributed by atoms with Crippen LogP contribution in [-0.2, 0) is 9.47 Å². The summed E-state index contributed by atoms with van der Waals surface area (Å²) in [6.45, 7) is 7.54. The SMILES string of the molecule is CCOC(=O)N(CCOC)C(CC)CC. The lowest BCUT2D eigenvalue weighted by Gasteiger charge is -2.29. The standard InChI is InChI=1S/C11H23NO3/c1-5-10(6-2)12(8-9-14-4)11(13)15-7-3/h10H,5-9H2,1-4H3. The monoisotopic (exact) mass is 217 g/mol. The molecule has 0 N–H and O–H groups in total. The highest BCUT2D eigenvalue weighted by Crippen LogP contribution is 2.10. The van der Waals surface area contributed by atoms with Gasteiger partial charge in [0.05, 0.1) is 13.2 Å². The zero-order valence-corrected chi connectivity index (χ0v) is 10.3. The molecule has 15 heavy (non-hydrogen) atoms. The topological polar surface area (TPSA) is 38.8 Å². The quantitative estimate of drug-likeness (QED) is 0.656. The molecule has 0 spiro atoms. The molecule has 0 saturated heterocycles. The Kier molecular flexibility index (Phi) is 8.09. The van der Waals surface area contributed by atoms with E-state index < -0.39 is 0 Å². The smallest absolute Gasteiger partial charge is 0.410 e. The molecule has 0 aromatic heterocycles. The van der Waals surface area contributed by atoms with E-state index in [1.165, 1.54) is 0 Å². The molecule has 1 amide bonds. The van der Waals surface area contributed by atoms with Gasteiger partial charge in [-0.3, -0.25) is 0 Å². The zero-order valence-electron chi connectivity index (χ0n) is 10.3. The fourth-order valence-electron chi connectivity index (χ4n) is 1.55. The average Bonchev–Trinajstić information content (AvgIpc) is 2.24. The van der Waals surface area contributed by atoms with Crippen molar-refractivity contribution in [3.05, 3.63) is 0 Å². The second-order valence-electron chi connectivity index (χ2n) is 3.36. The third-order valence-corrected chi connectivity index (χ3v) is 2.42. The van der Waals surface area contributed by atoms with Gasteiger partial charge in [-0.05, 0) is 19.8 Å². The van der Waals surface area contributed by atoms with Gasteiger partial charge in [0.25, 0.3) is 0 Å². The molecule has 0 atom stereocenters. The van der Waals surface area contributed by atoms with Crippen molar-refractivity contribution in [3.8, 4) is 0 Å². The minimum Gasteiger partial charge on any atom is -0.450 e. The molecular weight excluding hydrogens is 194 g/mol. The van der Waals surface area contributed by atoms with Crippen molar-refractivity contribution in [2.45, 2.75) is 39.7 Å². The summed E-state index contributed by atoms with van der Waals surface area (Å²) in [6.07, 6.45) is 1.65. The zero-order chi connectivity index (χ0) is 11.7. The molecule has 0 aromatic rings. The van der Waals surface area contributed by atoms with Crippen molar-refractivity contribution in [3.63, 3.8) is 0 Å². The highest BCUT2D eigenvalue weighted by atomic mass is 16.6. The Morgan fingerprint density at radius 3 is 2.27 bits per heavy atom. The van der Waals surface area contributed by atoms with E-state index in [4.69, 9.17) is 9.47 Å². The van der Waals surface area contributed by atoms with Crippen LogP contribution in [0, 0.1) is 0 Å². The Hall–Kier alpha value is -0.770. The van der Waals surface area contributed by atoms with Crippen LogP contribution in [0.1, 0.15) is 33.6 Å². The van der Waals surface area contributed by atoms with Gasteiger partial charge in [0, 0.05) is 19.7 Å². The summed E-state index contributed by atoms with van der Waals surface area (Å²) in [7, 11) is 1.64. The lowest BCUT2D eigenvalue weighted by atomic mass is 10.1. The Bertz CT molecular complexity index is 169. The summed E-state index contributed by atoms with van der Waals surface area (Å²) in [5.41, 5.74) is 0. The van der Waals surface area contributed by atoms with Crippen molar-refractivity contribution in [2.24, 2.45) is 0 Å². The number of carbonyl (C=O) groups excluding carboxylic acids is 1. The van der Waals surface area contributed by atoms with Crippen LogP contribution >= 0.6 is 0 Å². The Morgan fingerprint density at radius 1 is 1.27 bits per heavy atom. The lowest BCUT2D eigenvalue weighted by Crippen LogP contribution is -2.42. The van der Waals surface area contributed by atoms with Crippen LogP contribution < -0.4 is 0 Å². The third kappa shape index (κ3) is 5.02. The van der Waals surface area contributed by atoms with Crippen molar-refractivity contribution >= 4 is 6.09 Å². The van der Waals surface area contributed by atoms with Gasteiger partial charge >= 0.3 is 6.09 Å². The molecule has 0 aliphatic rings. The predicted octanol–water partition coefficient (Wildman–Crippen LogP) is 2.28. The molecule has 0 rings (SSSR count). The molecule has 0 bridgehead atoms. The second-order valence-corrected chi connectivity index (χ2v) is 3.36. The van der Waals surface area contributed by atoms with E-state index in [2.05, 4.69) is 13.8 Å². The summed E-state index contributed by atoms with van der Waals surface area (Å²) in [5, 5.41) is 0. The molecule has 0 aliphatic carbocycles. The highest BCUT2D eigenvalue weighted by Gasteiger charge is 2.21. The summed E-state index contributed by atoms with van der Waals surface area (Å²) in [6, 6.07) is 0.249. The van der Waals surface area contributed by atoms with Crippen molar-refractivity contribution in [1.29, 1.82) is 0 Å². The summed E-state index contributed by atoms with van der Waals surface area (Å²) >= 11 is 0. The number of carbonyl (C=O) groups is 1. The molecule has 0 heterocycles. The van der Waals surface area contributed by atoms with E-state index >= 15 is 0 Å². The average molecular weight is 217 g/mol. The van der Waals surface area contributed by atoms with Gasteiger partial charge in [-0.25, -0.2) is 4.79 Å². The number of hydrogen-bond acceptors (Lipinski definition) is 3. The van der Waals surface area contributed by atoms with E-state index in [1.807, 2.05) is 6.92 Å². The Labute approximate surface area is 92.5 Å². The number of ether oxygens (including phenoxy) is 2. The molecule has 0 radical (unpaired) electrons. The first kappa shape index (κ1) is 14.2. The van der Waals surface area contributed by atoms with Gasteiger partial charge in [0.1, 0.15) is 0 Å². The van der Waals surface area contributed by atoms with Gasteiger partial charge in [-0.2, -0.15) is 0 Å². The maximum Gasteiger partial charge on any atom is 0.410 e. The fraction of sp³-hybridized carbons (Fsp3) is 0.909. The van der Waals surface area contributed by atoms with E-state index in [9.17, 15) is 4.79 Å². The second kappa shape index (κ2) is 8.53. The van der Waals surface area contributed by atoms with Crippen LogP contribution in [0.2, 0.25) is 0 Å². The first-order valence-electron chi connectivity index (χ1n) is 5.63. The van der Waals surface area contributed by atoms with Crippen LogP contribution in [0.5, 0.6) is 0 Å². The van der Waals surface area contributed by atoms with E-state index in [0.717, 1.165) is 12.8 Å². The van der Waals surface area contributed by atoms with Gasteiger partial charge in [0.2, 0.25) is 0 Å². The maximum atomic E-state index is 11.7. The minimum atomic E-state index is -0.233. The van der Waals surface area contributed by atoms with Gasteiger partial charge in [0.15, 0.2) is 0 Å². The molecule has 4 nitrogen and oxygen atoms in total. The van der Waals surface area contributed by atoms with E-state index in [-0.39, 0.29) is 12.1 Å². The van der Waals surface area contributed by atoms with Crippen LogP contribution in [0.25, 0.3) is 0 Å². The molecule has 0 aromatic carbocycles. The van der Waals surface area contributed by atoms with Crippen molar-refractivity contribution in [2.75, 3.05) is 26.9 Å². The van der Waals surface area contributed by atoms with E-state index in [1.54, 1.807) is 12.0 Å². The summed E-state index contributed by atoms with van der Waals surface area (Å²) in [4.78, 5) is 13.4. The van der Waals surface area contributed by atoms with Crippen LogP contribution in [0.4, 0.5) is 4.79 Å². The molecule has 0 fully saturated rings. The first-order valence-corrected chi connectivity index (χ1v) is 5.63. The normalized spacial score (nSPS) is 10.5. The van der Waals surface area contributed by atoms with Crippen LogP contribution in [-0.4, -0.2) is 43.9 Å². The van der Waals surface area contributed by atoms with Crippen LogP contribution in [0.3, 0.4) is 0 Å². The molecule has 4 heteroatoms. The van der Waals surface area contributed by atoms with Crippen molar-refractivity contribution < 1.29 is 14.3 Å². The number of hydrogen-bond donors (Lipinski definition) is 0.